The largest absolute Gasteiger partial charge is 0.339 e. The first kappa shape index (κ1) is 18.9. The van der Waals surface area contributed by atoms with Gasteiger partial charge in [-0.3, -0.25) is 4.90 Å². The Morgan fingerprint density at radius 1 is 0.964 bits per heavy atom. The van der Waals surface area contributed by atoms with Gasteiger partial charge in [-0.05, 0) is 57.4 Å². The summed E-state index contributed by atoms with van der Waals surface area (Å²) in [5, 5.41) is 1.16. The van der Waals surface area contributed by atoms with Gasteiger partial charge in [0.2, 0.25) is 5.95 Å². The SMILES string of the molecule is CCn1ccnc1CN1CCCN(c2nc(C)c3cc(C)c(C)cc3n2)CC1. The van der Waals surface area contributed by atoms with Crippen molar-refractivity contribution in [3.05, 3.63) is 47.2 Å². The van der Waals surface area contributed by atoms with Crippen LogP contribution in [0, 0.1) is 20.8 Å². The number of imidazole rings is 1. The van der Waals surface area contributed by atoms with Crippen LogP contribution in [-0.4, -0.2) is 50.6 Å². The van der Waals surface area contributed by atoms with Crippen molar-refractivity contribution in [1.82, 2.24) is 24.4 Å². The Kier molecular flexibility index (Phi) is 5.31. The Morgan fingerprint density at radius 3 is 2.61 bits per heavy atom. The second-order valence-corrected chi connectivity index (χ2v) is 7.81. The number of hydrogen-bond donors (Lipinski definition) is 0. The smallest absolute Gasteiger partial charge is 0.226 e. The van der Waals surface area contributed by atoms with E-state index in [0.29, 0.717) is 0 Å². The third-order valence-corrected chi connectivity index (χ3v) is 5.87. The number of fused-ring (bicyclic) bond motifs is 1. The van der Waals surface area contributed by atoms with Gasteiger partial charge in [-0.1, -0.05) is 0 Å². The first-order valence-corrected chi connectivity index (χ1v) is 10.3. The average Bonchev–Trinajstić information content (AvgIpc) is 2.99. The molecule has 0 radical (unpaired) electrons. The number of aryl methyl sites for hydroxylation is 4. The molecule has 28 heavy (non-hydrogen) atoms. The van der Waals surface area contributed by atoms with Crippen LogP contribution >= 0.6 is 0 Å². The highest BCUT2D eigenvalue weighted by Gasteiger charge is 2.19. The quantitative estimate of drug-likeness (QED) is 0.696. The van der Waals surface area contributed by atoms with Crippen LogP contribution in [0.2, 0.25) is 0 Å². The molecule has 1 aromatic carbocycles. The van der Waals surface area contributed by atoms with Crippen LogP contribution in [0.4, 0.5) is 5.95 Å². The molecular formula is C22H30N6. The first-order chi connectivity index (χ1) is 13.5. The predicted molar refractivity (Wildman–Crippen MR) is 114 cm³/mol. The second kappa shape index (κ2) is 7.87. The zero-order valence-electron chi connectivity index (χ0n) is 17.4. The lowest BCUT2D eigenvalue weighted by molar-refractivity contribution is 0.274. The molecule has 3 heterocycles. The molecule has 2 aromatic heterocycles. The normalized spacial score (nSPS) is 15.9. The topological polar surface area (TPSA) is 50.1 Å². The molecule has 1 aliphatic heterocycles. The van der Waals surface area contributed by atoms with E-state index in [1.54, 1.807) is 0 Å². The minimum absolute atomic E-state index is 0.866. The van der Waals surface area contributed by atoms with Gasteiger partial charge in [-0.2, -0.15) is 0 Å². The lowest BCUT2D eigenvalue weighted by Crippen LogP contribution is -2.32. The Hall–Kier alpha value is -2.47. The van der Waals surface area contributed by atoms with Crippen molar-refractivity contribution in [2.45, 2.75) is 47.2 Å². The maximum Gasteiger partial charge on any atom is 0.226 e. The van der Waals surface area contributed by atoms with E-state index >= 15 is 0 Å². The number of rotatable bonds is 4. The minimum atomic E-state index is 0.866. The van der Waals surface area contributed by atoms with Crippen LogP contribution in [0.25, 0.3) is 10.9 Å². The fraction of sp³-hybridized carbons (Fsp3) is 0.500. The molecule has 1 aliphatic rings. The van der Waals surface area contributed by atoms with Crippen molar-refractivity contribution in [1.29, 1.82) is 0 Å². The molecule has 1 saturated heterocycles. The lowest BCUT2D eigenvalue weighted by Gasteiger charge is -2.22. The lowest BCUT2D eigenvalue weighted by atomic mass is 10.1. The summed E-state index contributed by atoms with van der Waals surface area (Å²) in [6.45, 7) is 14.5. The third-order valence-electron chi connectivity index (χ3n) is 5.87. The monoisotopic (exact) mass is 378 g/mol. The van der Waals surface area contributed by atoms with E-state index < -0.39 is 0 Å². The molecule has 0 amide bonds. The molecule has 0 N–H and O–H groups in total. The highest BCUT2D eigenvalue weighted by Crippen LogP contribution is 2.23. The zero-order valence-corrected chi connectivity index (χ0v) is 17.4. The molecule has 4 rings (SSSR count). The van der Waals surface area contributed by atoms with Crippen molar-refractivity contribution in [2.24, 2.45) is 0 Å². The Balaban J connectivity index is 1.52. The summed E-state index contributed by atoms with van der Waals surface area (Å²) in [4.78, 5) is 19.1. The fourth-order valence-electron chi connectivity index (χ4n) is 3.98. The van der Waals surface area contributed by atoms with E-state index in [1.165, 1.54) is 11.1 Å². The van der Waals surface area contributed by atoms with Crippen LogP contribution in [0.5, 0.6) is 0 Å². The number of nitrogens with zero attached hydrogens (tertiary/aromatic N) is 6. The molecule has 0 bridgehead atoms. The maximum atomic E-state index is 4.91. The number of hydrogen-bond acceptors (Lipinski definition) is 5. The summed E-state index contributed by atoms with van der Waals surface area (Å²) < 4.78 is 2.22. The summed E-state index contributed by atoms with van der Waals surface area (Å²) in [5.41, 5.74) is 4.69. The molecular weight excluding hydrogens is 348 g/mol. The molecule has 0 atom stereocenters. The van der Waals surface area contributed by atoms with Gasteiger partial charge in [0.05, 0.1) is 17.8 Å². The number of aromatic nitrogens is 4. The van der Waals surface area contributed by atoms with Crippen LogP contribution in [0.1, 0.15) is 36.0 Å². The van der Waals surface area contributed by atoms with E-state index in [0.717, 1.165) is 74.1 Å². The van der Waals surface area contributed by atoms with Gasteiger partial charge in [0.1, 0.15) is 5.82 Å². The second-order valence-electron chi connectivity index (χ2n) is 7.81. The fourth-order valence-corrected chi connectivity index (χ4v) is 3.98. The number of anilines is 1. The summed E-state index contributed by atoms with van der Waals surface area (Å²) in [7, 11) is 0. The van der Waals surface area contributed by atoms with E-state index in [4.69, 9.17) is 9.97 Å². The maximum absolute atomic E-state index is 4.91. The molecule has 0 spiro atoms. The van der Waals surface area contributed by atoms with Gasteiger partial charge in [0.15, 0.2) is 0 Å². The van der Waals surface area contributed by atoms with Crippen molar-refractivity contribution in [3.63, 3.8) is 0 Å². The third kappa shape index (κ3) is 3.74. The van der Waals surface area contributed by atoms with Crippen molar-refractivity contribution in [3.8, 4) is 0 Å². The molecule has 0 saturated carbocycles. The van der Waals surface area contributed by atoms with Crippen molar-refractivity contribution in [2.75, 3.05) is 31.1 Å². The molecule has 1 fully saturated rings. The Morgan fingerprint density at radius 2 is 1.79 bits per heavy atom. The Bertz CT molecular complexity index is 977. The van der Waals surface area contributed by atoms with E-state index in [-0.39, 0.29) is 0 Å². The van der Waals surface area contributed by atoms with Gasteiger partial charge < -0.3 is 9.47 Å². The van der Waals surface area contributed by atoms with Crippen molar-refractivity contribution < 1.29 is 0 Å². The summed E-state index contributed by atoms with van der Waals surface area (Å²) in [6.07, 6.45) is 5.08. The van der Waals surface area contributed by atoms with Gasteiger partial charge in [0.25, 0.3) is 0 Å². The van der Waals surface area contributed by atoms with Crippen LogP contribution < -0.4 is 4.90 Å². The summed E-state index contributed by atoms with van der Waals surface area (Å²) in [6, 6.07) is 4.40. The predicted octanol–water partition coefficient (Wildman–Crippen LogP) is 3.48. The molecule has 6 heteroatoms. The van der Waals surface area contributed by atoms with Crippen LogP contribution in [-0.2, 0) is 13.1 Å². The standard InChI is InChI=1S/C22H30N6/c1-5-27-10-7-23-21(27)15-26-8-6-9-28(12-11-26)22-24-18(4)19-13-16(2)17(3)14-20(19)25-22/h7,10,13-14H,5-6,8-9,11-12,15H2,1-4H3. The molecule has 3 aromatic rings. The highest BCUT2D eigenvalue weighted by atomic mass is 15.3. The van der Waals surface area contributed by atoms with E-state index in [1.807, 2.05) is 6.20 Å². The van der Waals surface area contributed by atoms with Crippen molar-refractivity contribution >= 4 is 16.9 Å². The van der Waals surface area contributed by atoms with E-state index in [9.17, 15) is 0 Å². The zero-order chi connectivity index (χ0) is 19.7. The average molecular weight is 379 g/mol. The molecule has 0 aliphatic carbocycles. The highest BCUT2D eigenvalue weighted by molar-refractivity contribution is 5.83. The van der Waals surface area contributed by atoms with Crippen LogP contribution in [0.15, 0.2) is 24.5 Å². The molecule has 148 valence electrons. The first-order valence-electron chi connectivity index (χ1n) is 10.3. The molecule has 0 unspecified atom stereocenters. The van der Waals surface area contributed by atoms with Crippen LogP contribution in [0.3, 0.4) is 0 Å². The summed E-state index contributed by atoms with van der Waals surface area (Å²) in [5.74, 6) is 2.02. The molecule has 6 nitrogen and oxygen atoms in total. The van der Waals surface area contributed by atoms with Gasteiger partial charge in [-0.15, -0.1) is 0 Å². The van der Waals surface area contributed by atoms with Gasteiger partial charge >= 0.3 is 0 Å². The summed E-state index contributed by atoms with van der Waals surface area (Å²) >= 11 is 0. The minimum Gasteiger partial charge on any atom is -0.339 e. The number of benzene rings is 1. The van der Waals surface area contributed by atoms with Gasteiger partial charge in [-0.25, -0.2) is 15.0 Å². The van der Waals surface area contributed by atoms with Gasteiger partial charge in [0, 0.05) is 50.5 Å². The Labute approximate surface area is 167 Å². The van der Waals surface area contributed by atoms with E-state index in [2.05, 4.69) is 65.4 Å².